The quantitative estimate of drug-likeness (QED) is 0.896. The predicted octanol–water partition coefficient (Wildman–Crippen LogP) is 4.05. The van der Waals surface area contributed by atoms with Gasteiger partial charge in [-0.1, -0.05) is 19.1 Å². The molecular weight excluding hydrogens is 261 g/mol. The molecule has 102 valence electrons. The zero-order chi connectivity index (χ0) is 13.8. The van der Waals surface area contributed by atoms with E-state index in [9.17, 15) is 4.39 Å². The maximum absolute atomic E-state index is 13.7. The summed E-state index contributed by atoms with van der Waals surface area (Å²) in [6.45, 7) is 4.03. The topological polar surface area (TPSA) is 35.2 Å². The van der Waals surface area contributed by atoms with E-state index in [0.717, 1.165) is 16.9 Å². The van der Waals surface area contributed by atoms with Crippen LogP contribution in [0, 0.1) is 12.7 Å². The van der Waals surface area contributed by atoms with Crippen molar-refractivity contribution in [2.45, 2.75) is 32.4 Å². The van der Waals surface area contributed by atoms with E-state index < -0.39 is 0 Å². The van der Waals surface area contributed by atoms with E-state index in [1.54, 1.807) is 29.5 Å². The van der Waals surface area contributed by atoms with Gasteiger partial charge in [0.15, 0.2) is 11.6 Å². The summed E-state index contributed by atoms with van der Waals surface area (Å²) in [6, 6.07) is 8.30. The van der Waals surface area contributed by atoms with Crippen molar-refractivity contribution in [3.05, 3.63) is 52.0 Å². The first kappa shape index (κ1) is 14.0. The SMILES string of the molecule is CCC(N)C(Oc1ccccc1F)c1sccc1C. The first-order valence-electron chi connectivity index (χ1n) is 6.34. The molecule has 0 saturated heterocycles. The molecule has 1 aromatic carbocycles. The van der Waals surface area contributed by atoms with Gasteiger partial charge in [0.25, 0.3) is 0 Å². The molecule has 0 saturated carbocycles. The van der Waals surface area contributed by atoms with Gasteiger partial charge < -0.3 is 10.5 Å². The number of hydrogen-bond donors (Lipinski definition) is 1. The fourth-order valence-corrected chi connectivity index (χ4v) is 2.93. The summed E-state index contributed by atoms with van der Waals surface area (Å²) in [5.74, 6) is -0.103. The zero-order valence-corrected chi connectivity index (χ0v) is 11.9. The minimum Gasteiger partial charge on any atom is -0.480 e. The van der Waals surface area contributed by atoms with Gasteiger partial charge in [-0.3, -0.25) is 0 Å². The van der Waals surface area contributed by atoms with Crippen molar-refractivity contribution in [3.8, 4) is 5.75 Å². The Labute approximate surface area is 117 Å². The van der Waals surface area contributed by atoms with Gasteiger partial charge in [0.2, 0.25) is 0 Å². The van der Waals surface area contributed by atoms with Gasteiger partial charge in [-0.2, -0.15) is 0 Å². The van der Waals surface area contributed by atoms with Crippen molar-refractivity contribution in [1.82, 2.24) is 0 Å². The number of aryl methyl sites for hydroxylation is 1. The molecule has 2 unspecified atom stereocenters. The number of nitrogens with two attached hydrogens (primary N) is 1. The Morgan fingerprint density at radius 1 is 1.32 bits per heavy atom. The second-order valence-corrected chi connectivity index (χ2v) is 5.46. The smallest absolute Gasteiger partial charge is 0.165 e. The van der Waals surface area contributed by atoms with E-state index in [0.29, 0.717) is 0 Å². The van der Waals surface area contributed by atoms with E-state index in [-0.39, 0.29) is 23.7 Å². The van der Waals surface area contributed by atoms with Crippen LogP contribution in [0.4, 0.5) is 4.39 Å². The lowest BCUT2D eigenvalue weighted by Gasteiger charge is -2.24. The average Bonchev–Trinajstić information content (AvgIpc) is 2.83. The highest BCUT2D eigenvalue weighted by Gasteiger charge is 2.24. The maximum Gasteiger partial charge on any atom is 0.165 e. The van der Waals surface area contributed by atoms with Crippen LogP contribution in [-0.2, 0) is 0 Å². The summed E-state index contributed by atoms with van der Waals surface area (Å²) in [4.78, 5) is 1.07. The molecule has 2 nitrogen and oxygen atoms in total. The second-order valence-electron chi connectivity index (χ2n) is 4.51. The van der Waals surface area contributed by atoms with E-state index in [2.05, 4.69) is 0 Å². The Balaban J connectivity index is 2.30. The fourth-order valence-electron chi connectivity index (χ4n) is 1.90. The molecule has 0 spiro atoms. The van der Waals surface area contributed by atoms with Gasteiger partial charge in [0.1, 0.15) is 6.10 Å². The molecule has 0 radical (unpaired) electrons. The molecule has 0 aliphatic carbocycles. The van der Waals surface area contributed by atoms with Gasteiger partial charge in [-0.15, -0.1) is 11.3 Å². The Bertz CT molecular complexity index is 540. The third kappa shape index (κ3) is 3.14. The lowest BCUT2D eigenvalue weighted by molar-refractivity contribution is 0.166. The highest BCUT2D eigenvalue weighted by molar-refractivity contribution is 7.10. The highest BCUT2D eigenvalue weighted by Crippen LogP contribution is 2.32. The third-order valence-electron chi connectivity index (χ3n) is 3.11. The monoisotopic (exact) mass is 279 g/mol. The molecule has 0 aliphatic heterocycles. The van der Waals surface area contributed by atoms with E-state index in [4.69, 9.17) is 10.5 Å². The van der Waals surface area contributed by atoms with Gasteiger partial charge in [-0.05, 0) is 42.5 Å². The molecule has 0 amide bonds. The summed E-state index contributed by atoms with van der Waals surface area (Å²) in [5, 5.41) is 2.00. The van der Waals surface area contributed by atoms with E-state index in [1.807, 2.05) is 25.3 Å². The number of rotatable bonds is 5. The normalized spacial score (nSPS) is 14.1. The van der Waals surface area contributed by atoms with Crippen LogP contribution in [0.15, 0.2) is 35.7 Å². The molecule has 0 aliphatic rings. The van der Waals surface area contributed by atoms with Crippen LogP contribution in [-0.4, -0.2) is 6.04 Å². The number of thiophene rings is 1. The molecule has 4 heteroatoms. The molecule has 0 bridgehead atoms. The molecule has 2 atom stereocenters. The Morgan fingerprint density at radius 2 is 2.05 bits per heavy atom. The van der Waals surface area contributed by atoms with Crippen LogP contribution < -0.4 is 10.5 Å². The molecule has 2 aromatic rings. The summed E-state index contributed by atoms with van der Waals surface area (Å²) in [7, 11) is 0. The maximum atomic E-state index is 13.7. The average molecular weight is 279 g/mol. The molecule has 19 heavy (non-hydrogen) atoms. The van der Waals surface area contributed by atoms with Gasteiger partial charge in [-0.25, -0.2) is 4.39 Å². The van der Waals surface area contributed by atoms with Crippen LogP contribution >= 0.6 is 11.3 Å². The Kier molecular flexibility index (Phi) is 4.56. The van der Waals surface area contributed by atoms with E-state index >= 15 is 0 Å². The van der Waals surface area contributed by atoms with Crippen molar-refractivity contribution in [2.75, 3.05) is 0 Å². The zero-order valence-electron chi connectivity index (χ0n) is 11.1. The minimum absolute atomic E-state index is 0.156. The number of halogens is 1. The largest absolute Gasteiger partial charge is 0.480 e. The first-order valence-corrected chi connectivity index (χ1v) is 7.22. The molecule has 2 rings (SSSR count). The van der Waals surface area contributed by atoms with Crippen molar-refractivity contribution < 1.29 is 9.13 Å². The second kappa shape index (κ2) is 6.17. The molecule has 1 heterocycles. The van der Waals surface area contributed by atoms with Crippen LogP contribution in [0.25, 0.3) is 0 Å². The highest BCUT2D eigenvalue weighted by atomic mass is 32.1. The van der Waals surface area contributed by atoms with Crippen molar-refractivity contribution in [3.63, 3.8) is 0 Å². The number of benzene rings is 1. The van der Waals surface area contributed by atoms with E-state index in [1.165, 1.54) is 6.07 Å². The number of hydrogen-bond acceptors (Lipinski definition) is 3. The van der Waals surface area contributed by atoms with Crippen molar-refractivity contribution >= 4 is 11.3 Å². The van der Waals surface area contributed by atoms with Crippen LogP contribution in [0.2, 0.25) is 0 Å². The third-order valence-corrected chi connectivity index (χ3v) is 4.19. The summed E-state index contributed by atoms with van der Waals surface area (Å²) < 4.78 is 19.5. The minimum atomic E-state index is -0.356. The standard InChI is InChI=1S/C15H18FNOS/c1-3-12(17)14(15-10(2)8-9-19-15)18-13-7-5-4-6-11(13)16/h4-9,12,14H,3,17H2,1-2H3. The van der Waals surface area contributed by atoms with Crippen molar-refractivity contribution in [2.24, 2.45) is 5.73 Å². The Morgan fingerprint density at radius 3 is 2.63 bits per heavy atom. The number of para-hydroxylation sites is 1. The van der Waals surface area contributed by atoms with Crippen molar-refractivity contribution in [1.29, 1.82) is 0 Å². The van der Waals surface area contributed by atoms with Crippen LogP contribution in [0.3, 0.4) is 0 Å². The lowest BCUT2D eigenvalue weighted by atomic mass is 10.1. The molecule has 0 fully saturated rings. The lowest BCUT2D eigenvalue weighted by Crippen LogP contribution is -2.31. The summed E-state index contributed by atoms with van der Waals surface area (Å²) >= 11 is 1.60. The molecule has 1 aromatic heterocycles. The summed E-state index contributed by atoms with van der Waals surface area (Å²) in [5.41, 5.74) is 7.27. The fraction of sp³-hybridized carbons (Fsp3) is 0.333. The molecule has 2 N–H and O–H groups in total. The first-order chi connectivity index (χ1) is 9.13. The van der Waals surface area contributed by atoms with Gasteiger partial charge in [0, 0.05) is 10.9 Å². The molecular formula is C15H18FNOS. The van der Waals surface area contributed by atoms with Gasteiger partial charge >= 0.3 is 0 Å². The summed E-state index contributed by atoms with van der Waals surface area (Å²) in [6.07, 6.45) is 0.470. The number of ether oxygens (including phenoxy) is 1. The van der Waals surface area contributed by atoms with Gasteiger partial charge in [0.05, 0.1) is 0 Å². The Hall–Kier alpha value is -1.39. The predicted molar refractivity (Wildman–Crippen MR) is 77.1 cm³/mol. The van der Waals surface area contributed by atoms with Crippen LogP contribution in [0.5, 0.6) is 5.75 Å². The van der Waals surface area contributed by atoms with Crippen LogP contribution in [0.1, 0.15) is 29.9 Å².